The van der Waals surface area contributed by atoms with E-state index >= 15 is 0 Å². The summed E-state index contributed by atoms with van der Waals surface area (Å²) in [6, 6.07) is 3.91. The molecular weight excluding hydrogens is 214 g/mol. The lowest BCUT2D eigenvalue weighted by Crippen LogP contribution is -2.36. The first-order chi connectivity index (χ1) is 8.27. The van der Waals surface area contributed by atoms with E-state index < -0.39 is 0 Å². The van der Waals surface area contributed by atoms with Gasteiger partial charge in [0.15, 0.2) is 0 Å². The van der Waals surface area contributed by atoms with Crippen LogP contribution < -0.4 is 11.1 Å². The molecule has 1 atom stereocenters. The number of nitrogens with one attached hydrogen (secondary N) is 1. The second-order valence-electron chi connectivity index (χ2n) is 4.12. The third kappa shape index (κ3) is 4.95. The Hall–Kier alpha value is -1.42. The molecule has 0 aliphatic rings. The second-order valence-corrected chi connectivity index (χ2v) is 4.12. The Morgan fingerprint density at radius 2 is 2.18 bits per heavy atom. The van der Waals surface area contributed by atoms with Crippen molar-refractivity contribution in [3.8, 4) is 0 Å². The van der Waals surface area contributed by atoms with Crippen LogP contribution in [0, 0.1) is 5.92 Å². The zero-order valence-corrected chi connectivity index (χ0v) is 10.4. The van der Waals surface area contributed by atoms with Gasteiger partial charge in [0.1, 0.15) is 0 Å². The van der Waals surface area contributed by atoms with Gasteiger partial charge in [0.2, 0.25) is 5.91 Å². The van der Waals surface area contributed by atoms with Crippen LogP contribution in [0.25, 0.3) is 0 Å². The molecule has 4 nitrogen and oxygen atoms in total. The first kappa shape index (κ1) is 13.6. The Morgan fingerprint density at radius 3 is 2.76 bits per heavy atom. The topological polar surface area (TPSA) is 68.0 Å². The van der Waals surface area contributed by atoms with Crippen molar-refractivity contribution in [2.75, 3.05) is 13.1 Å². The standard InChI is InChI=1S/C13H21N3O/c1-2-3-12(10-14)13(17)16-9-6-11-4-7-15-8-5-11/h4-5,7-8,12H,2-3,6,9-10,14H2,1H3,(H,16,17). The lowest BCUT2D eigenvalue weighted by atomic mass is 10.0. The van der Waals surface area contributed by atoms with Crippen molar-refractivity contribution in [1.29, 1.82) is 0 Å². The highest BCUT2D eigenvalue weighted by Gasteiger charge is 2.14. The van der Waals surface area contributed by atoms with Crippen molar-refractivity contribution < 1.29 is 4.79 Å². The summed E-state index contributed by atoms with van der Waals surface area (Å²) in [4.78, 5) is 15.7. The van der Waals surface area contributed by atoms with Gasteiger partial charge in [-0.2, -0.15) is 0 Å². The molecule has 1 aromatic heterocycles. The zero-order valence-electron chi connectivity index (χ0n) is 10.4. The van der Waals surface area contributed by atoms with Gasteiger partial charge in [-0.05, 0) is 30.5 Å². The van der Waals surface area contributed by atoms with Crippen LogP contribution in [0.4, 0.5) is 0 Å². The van der Waals surface area contributed by atoms with E-state index in [2.05, 4.69) is 17.2 Å². The Bertz CT molecular complexity index is 327. The lowest BCUT2D eigenvalue weighted by molar-refractivity contribution is -0.124. The molecule has 0 bridgehead atoms. The van der Waals surface area contributed by atoms with Crippen LogP contribution in [0.15, 0.2) is 24.5 Å². The number of nitrogens with two attached hydrogens (primary N) is 1. The van der Waals surface area contributed by atoms with Crippen LogP contribution in [0.1, 0.15) is 25.3 Å². The van der Waals surface area contributed by atoms with Crippen LogP contribution in [0.2, 0.25) is 0 Å². The summed E-state index contributed by atoms with van der Waals surface area (Å²) in [5, 5.41) is 2.93. The molecule has 94 valence electrons. The van der Waals surface area contributed by atoms with E-state index in [0.717, 1.165) is 19.3 Å². The molecule has 1 heterocycles. The number of aromatic nitrogens is 1. The first-order valence-corrected chi connectivity index (χ1v) is 6.14. The van der Waals surface area contributed by atoms with Crippen LogP contribution in [0.5, 0.6) is 0 Å². The maximum atomic E-state index is 11.8. The molecule has 4 heteroatoms. The summed E-state index contributed by atoms with van der Waals surface area (Å²) < 4.78 is 0. The molecule has 0 aromatic carbocycles. The van der Waals surface area contributed by atoms with Gasteiger partial charge < -0.3 is 11.1 Å². The number of rotatable bonds is 7. The summed E-state index contributed by atoms with van der Waals surface area (Å²) in [5.74, 6) is 0.0286. The Morgan fingerprint density at radius 1 is 1.47 bits per heavy atom. The van der Waals surface area contributed by atoms with Crippen LogP contribution in [0.3, 0.4) is 0 Å². The van der Waals surface area contributed by atoms with E-state index in [1.54, 1.807) is 12.4 Å². The molecule has 0 saturated carbocycles. The average molecular weight is 235 g/mol. The highest BCUT2D eigenvalue weighted by Crippen LogP contribution is 2.04. The maximum Gasteiger partial charge on any atom is 0.224 e. The van der Waals surface area contributed by atoms with Gasteiger partial charge in [0.05, 0.1) is 5.92 Å². The summed E-state index contributed by atoms with van der Waals surface area (Å²) in [7, 11) is 0. The number of carbonyl (C=O) groups is 1. The van der Waals surface area contributed by atoms with Crippen molar-refractivity contribution in [2.45, 2.75) is 26.2 Å². The molecular formula is C13H21N3O. The van der Waals surface area contributed by atoms with Crippen LogP contribution in [-0.4, -0.2) is 24.0 Å². The Kier molecular flexibility index (Phi) is 6.25. The van der Waals surface area contributed by atoms with Crippen molar-refractivity contribution in [1.82, 2.24) is 10.3 Å². The van der Waals surface area contributed by atoms with Crippen molar-refractivity contribution in [2.24, 2.45) is 11.7 Å². The summed E-state index contributed by atoms with van der Waals surface area (Å²) in [6.07, 6.45) is 6.20. The van der Waals surface area contributed by atoms with E-state index in [1.165, 1.54) is 5.56 Å². The van der Waals surface area contributed by atoms with E-state index in [0.29, 0.717) is 13.1 Å². The molecule has 0 radical (unpaired) electrons. The number of carbonyl (C=O) groups excluding carboxylic acids is 1. The third-order valence-corrected chi connectivity index (χ3v) is 2.75. The quantitative estimate of drug-likeness (QED) is 0.744. The highest BCUT2D eigenvalue weighted by atomic mass is 16.1. The molecule has 17 heavy (non-hydrogen) atoms. The monoisotopic (exact) mass is 235 g/mol. The number of hydrogen-bond donors (Lipinski definition) is 2. The van der Waals surface area contributed by atoms with Crippen LogP contribution >= 0.6 is 0 Å². The minimum absolute atomic E-state index is 0.0440. The van der Waals surface area contributed by atoms with Gasteiger partial charge in [-0.25, -0.2) is 0 Å². The summed E-state index contributed by atoms with van der Waals surface area (Å²) in [5.41, 5.74) is 6.75. The predicted octanol–water partition coefficient (Wildman–Crippen LogP) is 1.12. The molecule has 0 saturated heterocycles. The Labute approximate surface area is 103 Å². The summed E-state index contributed by atoms with van der Waals surface area (Å²) in [6.45, 7) is 3.14. The van der Waals surface area contributed by atoms with Crippen molar-refractivity contribution in [3.05, 3.63) is 30.1 Å². The van der Waals surface area contributed by atoms with Gasteiger partial charge in [0.25, 0.3) is 0 Å². The molecule has 0 spiro atoms. The molecule has 1 amide bonds. The van der Waals surface area contributed by atoms with E-state index in [-0.39, 0.29) is 11.8 Å². The molecule has 0 fully saturated rings. The largest absolute Gasteiger partial charge is 0.355 e. The van der Waals surface area contributed by atoms with Crippen molar-refractivity contribution >= 4 is 5.91 Å². The van der Waals surface area contributed by atoms with Gasteiger partial charge in [0, 0.05) is 25.5 Å². The van der Waals surface area contributed by atoms with Gasteiger partial charge in [-0.15, -0.1) is 0 Å². The van der Waals surface area contributed by atoms with Gasteiger partial charge in [-0.1, -0.05) is 13.3 Å². The maximum absolute atomic E-state index is 11.8. The van der Waals surface area contributed by atoms with Crippen molar-refractivity contribution in [3.63, 3.8) is 0 Å². The molecule has 3 N–H and O–H groups in total. The number of amides is 1. The molecule has 1 rings (SSSR count). The minimum Gasteiger partial charge on any atom is -0.355 e. The zero-order chi connectivity index (χ0) is 12.5. The molecule has 0 aliphatic heterocycles. The number of hydrogen-bond acceptors (Lipinski definition) is 3. The lowest BCUT2D eigenvalue weighted by Gasteiger charge is -2.13. The first-order valence-electron chi connectivity index (χ1n) is 6.14. The number of nitrogens with zero attached hydrogens (tertiary/aromatic N) is 1. The number of pyridine rings is 1. The predicted molar refractivity (Wildman–Crippen MR) is 68.4 cm³/mol. The third-order valence-electron chi connectivity index (χ3n) is 2.75. The smallest absolute Gasteiger partial charge is 0.224 e. The molecule has 0 aliphatic carbocycles. The van der Waals surface area contributed by atoms with Crippen LogP contribution in [-0.2, 0) is 11.2 Å². The second kappa shape index (κ2) is 7.79. The minimum atomic E-state index is -0.0440. The van der Waals surface area contributed by atoms with E-state index in [1.807, 2.05) is 12.1 Å². The van der Waals surface area contributed by atoms with Gasteiger partial charge in [-0.3, -0.25) is 9.78 Å². The highest BCUT2D eigenvalue weighted by molar-refractivity contribution is 5.78. The van der Waals surface area contributed by atoms with Gasteiger partial charge >= 0.3 is 0 Å². The fraction of sp³-hybridized carbons (Fsp3) is 0.538. The normalized spacial score (nSPS) is 12.1. The fourth-order valence-corrected chi connectivity index (χ4v) is 1.73. The van der Waals surface area contributed by atoms with E-state index in [9.17, 15) is 4.79 Å². The SMILES string of the molecule is CCCC(CN)C(=O)NCCc1ccncc1. The average Bonchev–Trinajstić information content (AvgIpc) is 2.37. The fourth-order valence-electron chi connectivity index (χ4n) is 1.73. The molecule has 1 unspecified atom stereocenters. The Balaban J connectivity index is 2.28. The van der Waals surface area contributed by atoms with E-state index in [4.69, 9.17) is 5.73 Å². The summed E-state index contributed by atoms with van der Waals surface area (Å²) >= 11 is 0. The molecule has 1 aromatic rings.